The number of hydrogen-bond acceptors (Lipinski definition) is 6. The van der Waals surface area contributed by atoms with Gasteiger partial charge in [-0.2, -0.15) is 13.2 Å². The van der Waals surface area contributed by atoms with Gasteiger partial charge in [0.2, 0.25) is 5.88 Å². The van der Waals surface area contributed by atoms with E-state index in [-0.39, 0.29) is 48.0 Å². The summed E-state index contributed by atoms with van der Waals surface area (Å²) < 4.78 is 65.1. The Morgan fingerprint density at radius 1 is 1.29 bits per heavy atom. The summed E-state index contributed by atoms with van der Waals surface area (Å²) in [5.74, 6) is -0.732. The maximum atomic E-state index is 12.9. The average Bonchev–Trinajstić information content (AvgIpc) is 2.64. The van der Waals surface area contributed by atoms with Crippen molar-refractivity contribution in [1.29, 1.82) is 0 Å². The average molecular weight is 416 g/mol. The van der Waals surface area contributed by atoms with Gasteiger partial charge in [0, 0.05) is 30.5 Å². The van der Waals surface area contributed by atoms with Crippen LogP contribution < -0.4 is 15.8 Å². The molecule has 0 bridgehead atoms. The molecule has 0 aliphatic heterocycles. The standard InChI is InChI=1S/C17H18F3N3O4S/c18-17(19,20)14-7-11(10-21)8-15(23-14)27-13-4-1-3-12(9-13)16(24)22-5-2-6-28(25)26/h1,3-4,7-9H,2,5-6,10,21H2,(H,22,24)(H,25,26)/p-1. The number of pyridine rings is 1. The lowest BCUT2D eigenvalue weighted by Gasteiger charge is -2.12. The first-order valence-electron chi connectivity index (χ1n) is 8.09. The molecule has 0 saturated carbocycles. The zero-order chi connectivity index (χ0) is 20.7. The number of ether oxygens (including phenoxy) is 1. The molecule has 2 aromatic rings. The van der Waals surface area contributed by atoms with Gasteiger partial charge in [-0.15, -0.1) is 0 Å². The van der Waals surface area contributed by atoms with E-state index in [1.165, 1.54) is 30.3 Å². The SMILES string of the molecule is NCc1cc(Oc2cccc(C(=O)NCCCS(=O)[O-])c2)nc(C(F)(F)F)c1. The Morgan fingerprint density at radius 3 is 2.68 bits per heavy atom. The van der Waals surface area contributed by atoms with Gasteiger partial charge in [-0.3, -0.25) is 9.00 Å². The summed E-state index contributed by atoms with van der Waals surface area (Å²) in [6, 6.07) is 7.90. The van der Waals surface area contributed by atoms with E-state index in [9.17, 15) is 26.7 Å². The van der Waals surface area contributed by atoms with E-state index in [0.29, 0.717) is 0 Å². The number of carbonyl (C=O) groups excluding carboxylic acids is 1. The molecule has 7 nitrogen and oxygen atoms in total. The topological polar surface area (TPSA) is 117 Å². The smallest absolute Gasteiger partial charge is 0.433 e. The maximum Gasteiger partial charge on any atom is 0.433 e. The minimum absolute atomic E-state index is 0.0753. The third-order valence-electron chi connectivity index (χ3n) is 3.48. The molecule has 11 heteroatoms. The van der Waals surface area contributed by atoms with Crippen LogP contribution in [0.3, 0.4) is 0 Å². The molecule has 3 N–H and O–H groups in total. The second-order valence-electron chi connectivity index (χ2n) is 5.65. The Morgan fingerprint density at radius 2 is 2.04 bits per heavy atom. The highest BCUT2D eigenvalue weighted by Gasteiger charge is 2.33. The molecule has 0 aliphatic rings. The van der Waals surface area contributed by atoms with Crippen molar-refractivity contribution in [2.24, 2.45) is 5.73 Å². The van der Waals surface area contributed by atoms with Crippen molar-refractivity contribution in [3.05, 3.63) is 53.2 Å². The highest BCUT2D eigenvalue weighted by atomic mass is 32.2. The molecule has 28 heavy (non-hydrogen) atoms. The van der Waals surface area contributed by atoms with Crippen molar-refractivity contribution >= 4 is 17.0 Å². The summed E-state index contributed by atoms with van der Waals surface area (Å²) in [6.45, 7) is 0.0332. The third kappa shape index (κ3) is 6.59. The van der Waals surface area contributed by atoms with Crippen LogP contribution >= 0.6 is 0 Å². The van der Waals surface area contributed by atoms with E-state index in [2.05, 4.69) is 10.3 Å². The van der Waals surface area contributed by atoms with Gasteiger partial charge in [0.25, 0.3) is 5.91 Å². The normalized spacial score (nSPS) is 12.5. The molecule has 1 atom stereocenters. The Balaban J connectivity index is 2.12. The van der Waals surface area contributed by atoms with E-state index >= 15 is 0 Å². The summed E-state index contributed by atoms with van der Waals surface area (Å²) >= 11 is -2.18. The van der Waals surface area contributed by atoms with E-state index in [0.717, 1.165) is 6.07 Å². The first kappa shape index (κ1) is 21.8. The van der Waals surface area contributed by atoms with Gasteiger partial charge in [-0.1, -0.05) is 17.1 Å². The largest absolute Gasteiger partial charge is 0.772 e. The monoisotopic (exact) mass is 416 g/mol. The fraction of sp³-hybridized carbons (Fsp3) is 0.294. The van der Waals surface area contributed by atoms with Crippen LogP contribution in [-0.2, 0) is 23.8 Å². The van der Waals surface area contributed by atoms with Gasteiger partial charge in [0.05, 0.1) is 0 Å². The molecule has 2 rings (SSSR count). The van der Waals surface area contributed by atoms with Crippen molar-refractivity contribution in [3.8, 4) is 11.6 Å². The fourth-order valence-electron chi connectivity index (χ4n) is 2.19. The minimum Gasteiger partial charge on any atom is -0.772 e. The Hall–Kier alpha value is -2.50. The van der Waals surface area contributed by atoms with Crippen LogP contribution in [0.2, 0.25) is 0 Å². The molecular weight excluding hydrogens is 399 g/mol. The molecule has 0 fully saturated rings. The van der Waals surface area contributed by atoms with Crippen molar-refractivity contribution in [1.82, 2.24) is 10.3 Å². The van der Waals surface area contributed by atoms with Crippen LogP contribution in [0.1, 0.15) is 28.0 Å². The Kier molecular flexibility index (Phi) is 7.49. The molecule has 0 radical (unpaired) electrons. The number of carbonyl (C=O) groups is 1. The fourth-order valence-corrected chi connectivity index (χ4v) is 2.57. The maximum absolute atomic E-state index is 12.9. The van der Waals surface area contributed by atoms with E-state index in [1.807, 2.05) is 0 Å². The van der Waals surface area contributed by atoms with Crippen LogP contribution in [0.5, 0.6) is 11.6 Å². The van der Waals surface area contributed by atoms with E-state index in [1.54, 1.807) is 0 Å². The molecule has 1 unspecified atom stereocenters. The molecule has 1 amide bonds. The van der Waals surface area contributed by atoms with Crippen molar-refractivity contribution in [3.63, 3.8) is 0 Å². The molecule has 1 aromatic carbocycles. The van der Waals surface area contributed by atoms with Gasteiger partial charge in [-0.25, -0.2) is 4.98 Å². The number of nitrogens with one attached hydrogen (secondary N) is 1. The third-order valence-corrected chi connectivity index (χ3v) is 4.10. The van der Waals surface area contributed by atoms with E-state index < -0.39 is 28.9 Å². The molecule has 152 valence electrons. The molecule has 1 aromatic heterocycles. The Labute approximate surface area is 161 Å². The predicted octanol–water partition coefficient (Wildman–Crippen LogP) is 2.35. The molecule has 0 saturated heterocycles. The van der Waals surface area contributed by atoms with Crippen molar-refractivity contribution in [2.75, 3.05) is 12.3 Å². The highest BCUT2D eigenvalue weighted by molar-refractivity contribution is 7.79. The van der Waals surface area contributed by atoms with Crippen molar-refractivity contribution in [2.45, 2.75) is 19.1 Å². The minimum atomic E-state index is -4.65. The number of amides is 1. The zero-order valence-corrected chi connectivity index (χ0v) is 15.3. The summed E-state index contributed by atoms with van der Waals surface area (Å²) in [5, 5.41) is 2.54. The Bertz CT molecular complexity index is 862. The number of benzene rings is 1. The van der Waals surface area contributed by atoms with Gasteiger partial charge in [0.1, 0.15) is 11.4 Å². The predicted molar refractivity (Wildman–Crippen MR) is 94.4 cm³/mol. The lowest BCUT2D eigenvalue weighted by molar-refractivity contribution is -0.141. The number of hydrogen-bond donors (Lipinski definition) is 2. The number of halogens is 3. The van der Waals surface area contributed by atoms with Crippen LogP contribution in [0, 0.1) is 0 Å². The first-order valence-corrected chi connectivity index (χ1v) is 9.33. The summed E-state index contributed by atoms with van der Waals surface area (Å²) in [4.78, 5) is 15.5. The van der Waals surface area contributed by atoms with Gasteiger partial charge in [0.15, 0.2) is 0 Å². The lowest BCUT2D eigenvalue weighted by atomic mass is 10.2. The molecule has 0 spiro atoms. The number of aromatic nitrogens is 1. The quantitative estimate of drug-likeness (QED) is 0.504. The van der Waals surface area contributed by atoms with Crippen LogP contribution in [0.15, 0.2) is 36.4 Å². The van der Waals surface area contributed by atoms with Crippen LogP contribution in [0.4, 0.5) is 13.2 Å². The highest BCUT2D eigenvalue weighted by Crippen LogP contribution is 2.31. The first-order chi connectivity index (χ1) is 13.2. The number of nitrogens with two attached hydrogens (primary N) is 1. The second-order valence-corrected chi connectivity index (χ2v) is 6.66. The van der Waals surface area contributed by atoms with Crippen molar-refractivity contribution < 1.29 is 31.5 Å². The van der Waals surface area contributed by atoms with Crippen LogP contribution in [0.25, 0.3) is 0 Å². The molecular formula is C17H17F3N3O4S-. The zero-order valence-electron chi connectivity index (χ0n) is 14.5. The van der Waals surface area contributed by atoms with Gasteiger partial charge < -0.3 is 20.3 Å². The summed E-state index contributed by atoms with van der Waals surface area (Å²) in [7, 11) is 0. The summed E-state index contributed by atoms with van der Waals surface area (Å²) in [5.41, 5.74) is 4.69. The molecule has 1 heterocycles. The van der Waals surface area contributed by atoms with Crippen LogP contribution in [-0.4, -0.2) is 32.0 Å². The second kappa shape index (κ2) is 9.62. The number of alkyl halides is 3. The van der Waals surface area contributed by atoms with E-state index in [4.69, 9.17) is 10.5 Å². The molecule has 0 aliphatic carbocycles. The lowest BCUT2D eigenvalue weighted by Crippen LogP contribution is -2.25. The summed E-state index contributed by atoms with van der Waals surface area (Å²) in [6.07, 6.45) is -4.40. The number of rotatable bonds is 8. The van der Waals surface area contributed by atoms with Gasteiger partial charge in [-0.05, 0) is 36.2 Å². The number of nitrogens with zero attached hydrogens (tertiary/aromatic N) is 1. The van der Waals surface area contributed by atoms with Gasteiger partial charge >= 0.3 is 6.18 Å².